The molecule has 2 fully saturated rings. The van der Waals surface area contributed by atoms with Gasteiger partial charge in [0.2, 0.25) is 0 Å². The van der Waals surface area contributed by atoms with Crippen LogP contribution >= 0.6 is 0 Å². The van der Waals surface area contributed by atoms with Crippen molar-refractivity contribution in [2.45, 2.75) is 44.6 Å². The minimum atomic E-state index is -0.0974. The lowest BCUT2D eigenvalue weighted by atomic mass is 10.1. The number of hydrogen-bond donors (Lipinski definition) is 1. The smallest absolute Gasteiger partial charge is 0.271 e. The van der Waals surface area contributed by atoms with Crippen LogP contribution in [0.2, 0.25) is 0 Å². The van der Waals surface area contributed by atoms with Gasteiger partial charge in [0.1, 0.15) is 11.5 Å². The summed E-state index contributed by atoms with van der Waals surface area (Å²) in [7, 11) is 0. The van der Waals surface area contributed by atoms with Crippen LogP contribution in [0, 0.1) is 0 Å². The van der Waals surface area contributed by atoms with Gasteiger partial charge in [-0.1, -0.05) is 43.9 Å². The Balaban J connectivity index is 1.31. The summed E-state index contributed by atoms with van der Waals surface area (Å²) in [6.45, 7) is 3.71. The zero-order chi connectivity index (χ0) is 19.2. The average Bonchev–Trinajstić information content (AvgIpc) is 3.03. The topological polar surface area (TPSA) is 61.4 Å². The maximum absolute atomic E-state index is 12.5. The molecule has 1 aromatic heterocycles. The van der Waals surface area contributed by atoms with Crippen LogP contribution in [-0.4, -0.2) is 48.1 Å². The summed E-state index contributed by atoms with van der Waals surface area (Å²) in [4.78, 5) is 26.0. The van der Waals surface area contributed by atoms with Crippen LogP contribution in [0.5, 0.6) is 0 Å². The van der Waals surface area contributed by atoms with Gasteiger partial charge in [-0.15, -0.1) is 0 Å². The fourth-order valence-electron chi connectivity index (χ4n) is 4.12. The number of anilines is 2. The number of hydrogen-bond acceptors (Lipinski definition) is 5. The molecule has 1 amide bonds. The van der Waals surface area contributed by atoms with E-state index in [0.29, 0.717) is 5.69 Å². The molecule has 0 bridgehead atoms. The van der Waals surface area contributed by atoms with Crippen LogP contribution in [0.15, 0.2) is 42.7 Å². The van der Waals surface area contributed by atoms with Crippen LogP contribution in [0.1, 0.15) is 49.0 Å². The number of amides is 1. The Bertz CT molecular complexity index is 748. The van der Waals surface area contributed by atoms with Crippen molar-refractivity contribution in [2.24, 2.45) is 0 Å². The normalized spacial score (nSPS) is 18.6. The fraction of sp³-hybridized carbons (Fsp3) is 0.500. The van der Waals surface area contributed by atoms with Crippen molar-refractivity contribution in [3.63, 3.8) is 0 Å². The second-order valence-electron chi connectivity index (χ2n) is 7.73. The highest BCUT2D eigenvalue weighted by Gasteiger charge is 2.20. The van der Waals surface area contributed by atoms with Gasteiger partial charge in [0, 0.05) is 37.9 Å². The SMILES string of the molecule is O=C(NC1CCCCCC1)c1cnc(N2CCN(c3ccccc3)CC2)cn1. The summed E-state index contributed by atoms with van der Waals surface area (Å²) < 4.78 is 0. The molecular formula is C22H29N5O. The third-order valence-electron chi connectivity index (χ3n) is 5.79. The molecule has 1 saturated carbocycles. The lowest BCUT2D eigenvalue weighted by molar-refractivity contribution is 0.0928. The molecule has 0 spiro atoms. The van der Waals surface area contributed by atoms with Crippen molar-refractivity contribution in [3.05, 3.63) is 48.4 Å². The molecule has 6 nitrogen and oxygen atoms in total. The van der Waals surface area contributed by atoms with E-state index in [2.05, 4.69) is 49.4 Å². The van der Waals surface area contributed by atoms with E-state index in [1.807, 2.05) is 6.07 Å². The second kappa shape index (κ2) is 9.04. The van der Waals surface area contributed by atoms with E-state index in [9.17, 15) is 4.79 Å². The summed E-state index contributed by atoms with van der Waals surface area (Å²) in [5.41, 5.74) is 1.68. The van der Waals surface area contributed by atoms with E-state index < -0.39 is 0 Å². The van der Waals surface area contributed by atoms with Crippen molar-refractivity contribution in [2.75, 3.05) is 36.0 Å². The van der Waals surface area contributed by atoms with E-state index in [1.54, 1.807) is 12.4 Å². The van der Waals surface area contributed by atoms with Crippen LogP contribution in [0.3, 0.4) is 0 Å². The van der Waals surface area contributed by atoms with Gasteiger partial charge in [0.15, 0.2) is 0 Å². The molecule has 2 heterocycles. The van der Waals surface area contributed by atoms with Gasteiger partial charge < -0.3 is 15.1 Å². The maximum atomic E-state index is 12.5. The number of benzene rings is 1. The van der Waals surface area contributed by atoms with E-state index >= 15 is 0 Å². The van der Waals surface area contributed by atoms with Gasteiger partial charge in [0.25, 0.3) is 5.91 Å². The van der Waals surface area contributed by atoms with Crippen molar-refractivity contribution in [3.8, 4) is 0 Å². The highest BCUT2D eigenvalue weighted by Crippen LogP contribution is 2.19. The Hall–Kier alpha value is -2.63. The molecule has 1 aromatic carbocycles. The van der Waals surface area contributed by atoms with Gasteiger partial charge in [-0.25, -0.2) is 9.97 Å². The van der Waals surface area contributed by atoms with Crippen molar-refractivity contribution in [1.82, 2.24) is 15.3 Å². The molecule has 0 atom stereocenters. The Morgan fingerprint density at radius 3 is 2.18 bits per heavy atom. The molecule has 4 rings (SSSR count). The summed E-state index contributed by atoms with van der Waals surface area (Å²) in [6, 6.07) is 10.8. The number of aromatic nitrogens is 2. The highest BCUT2D eigenvalue weighted by molar-refractivity contribution is 5.92. The molecule has 2 aliphatic rings. The van der Waals surface area contributed by atoms with Crippen LogP contribution in [0.4, 0.5) is 11.5 Å². The van der Waals surface area contributed by atoms with Crippen molar-refractivity contribution in [1.29, 1.82) is 0 Å². The molecular weight excluding hydrogens is 350 g/mol. The lowest BCUT2D eigenvalue weighted by Gasteiger charge is -2.36. The highest BCUT2D eigenvalue weighted by atomic mass is 16.1. The number of nitrogens with one attached hydrogen (secondary N) is 1. The van der Waals surface area contributed by atoms with Gasteiger partial charge >= 0.3 is 0 Å². The number of rotatable bonds is 4. The number of carbonyl (C=O) groups is 1. The Labute approximate surface area is 167 Å². The molecule has 148 valence electrons. The first kappa shape index (κ1) is 18.7. The minimum absolute atomic E-state index is 0.0974. The zero-order valence-electron chi connectivity index (χ0n) is 16.4. The number of para-hydroxylation sites is 1. The van der Waals surface area contributed by atoms with Gasteiger partial charge in [-0.3, -0.25) is 4.79 Å². The Morgan fingerprint density at radius 1 is 0.857 bits per heavy atom. The maximum Gasteiger partial charge on any atom is 0.271 e. The molecule has 28 heavy (non-hydrogen) atoms. The number of nitrogens with zero attached hydrogens (tertiary/aromatic N) is 4. The summed E-state index contributed by atoms with van der Waals surface area (Å²) in [5, 5.41) is 3.14. The summed E-state index contributed by atoms with van der Waals surface area (Å²) >= 11 is 0. The number of carbonyl (C=O) groups excluding carboxylic acids is 1. The van der Waals surface area contributed by atoms with Crippen LogP contribution in [0.25, 0.3) is 0 Å². The average molecular weight is 380 g/mol. The molecule has 0 unspecified atom stereocenters. The third kappa shape index (κ3) is 4.61. The summed E-state index contributed by atoms with van der Waals surface area (Å²) in [5.74, 6) is 0.749. The predicted molar refractivity (Wildman–Crippen MR) is 112 cm³/mol. The standard InChI is InChI=1S/C22H29N5O/c28-22(25-18-8-4-1-2-5-9-18)20-16-24-21(17-23-20)27-14-12-26(13-15-27)19-10-6-3-7-11-19/h3,6-7,10-11,16-18H,1-2,4-5,8-9,12-15H2,(H,25,28). The summed E-state index contributed by atoms with van der Waals surface area (Å²) in [6.07, 6.45) is 10.4. The molecule has 2 aromatic rings. The van der Waals surface area contributed by atoms with Crippen LogP contribution in [-0.2, 0) is 0 Å². The Kier molecular flexibility index (Phi) is 6.04. The predicted octanol–water partition coefficient (Wildman–Crippen LogP) is 3.26. The molecule has 1 saturated heterocycles. The van der Waals surface area contributed by atoms with E-state index in [4.69, 9.17) is 0 Å². The Morgan fingerprint density at radius 2 is 1.54 bits per heavy atom. The first-order valence-electron chi connectivity index (χ1n) is 10.5. The van der Waals surface area contributed by atoms with E-state index in [1.165, 1.54) is 31.4 Å². The van der Waals surface area contributed by atoms with E-state index in [0.717, 1.165) is 44.8 Å². The van der Waals surface area contributed by atoms with Crippen molar-refractivity contribution >= 4 is 17.4 Å². The molecule has 6 heteroatoms. The third-order valence-corrected chi connectivity index (χ3v) is 5.79. The molecule has 1 N–H and O–H groups in total. The van der Waals surface area contributed by atoms with Crippen molar-refractivity contribution < 1.29 is 4.79 Å². The molecule has 1 aliphatic carbocycles. The largest absolute Gasteiger partial charge is 0.368 e. The monoisotopic (exact) mass is 379 g/mol. The number of piperazine rings is 1. The van der Waals surface area contributed by atoms with Gasteiger partial charge in [0.05, 0.1) is 12.4 Å². The van der Waals surface area contributed by atoms with Gasteiger partial charge in [-0.2, -0.15) is 0 Å². The second-order valence-corrected chi connectivity index (χ2v) is 7.73. The minimum Gasteiger partial charge on any atom is -0.368 e. The van der Waals surface area contributed by atoms with E-state index in [-0.39, 0.29) is 11.9 Å². The van der Waals surface area contributed by atoms with Crippen LogP contribution < -0.4 is 15.1 Å². The first-order valence-corrected chi connectivity index (χ1v) is 10.5. The zero-order valence-corrected chi connectivity index (χ0v) is 16.4. The van der Waals surface area contributed by atoms with Gasteiger partial charge in [-0.05, 0) is 25.0 Å². The lowest BCUT2D eigenvalue weighted by Crippen LogP contribution is -2.46. The molecule has 0 radical (unpaired) electrons. The molecule has 1 aliphatic heterocycles. The quantitative estimate of drug-likeness (QED) is 0.827. The fourth-order valence-corrected chi connectivity index (χ4v) is 4.12. The first-order chi connectivity index (χ1) is 13.8.